The van der Waals surface area contributed by atoms with Gasteiger partial charge in [0, 0.05) is 44.2 Å². The fraction of sp³-hybridized carbons (Fsp3) is 0.538. The minimum atomic E-state index is -5.08. The molecule has 0 radical (unpaired) electrons. The van der Waals surface area contributed by atoms with Gasteiger partial charge in [0.25, 0.3) is 0 Å². The Morgan fingerprint density at radius 1 is 1.02 bits per heavy atom. The standard InChI is InChI=1S/C22H29N3O2.2C2HF3O2/c1-18-5-4-6-20(24-18)17-25-13-10-22(11-14-25)19(9-16-27-22)8-15-26-21-7-2-3-12-23-21;2*3-2(4,5)1(6)7/h2-7,12,19H,8-11,13-17H2,1H3;2*(H,6,7). The summed E-state index contributed by atoms with van der Waals surface area (Å²) >= 11 is 0. The number of nitrogens with zero attached hydrogens (tertiary/aromatic N) is 3. The molecule has 0 aliphatic carbocycles. The molecule has 9 nitrogen and oxygen atoms in total. The van der Waals surface area contributed by atoms with Gasteiger partial charge in [-0.1, -0.05) is 12.1 Å². The molecule has 41 heavy (non-hydrogen) atoms. The monoisotopic (exact) mass is 595 g/mol. The fourth-order valence-electron chi connectivity index (χ4n) is 4.49. The van der Waals surface area contributed by atoms with Crippen molar-refractivity contribution in [2.75, 3.05) is 26.3 Å². The molecule has 1 spiro atoms. The van der Waals surface area contributed by atoms with Crippen LogP contribution in [-0.4, -0.2) is 81.3 Å². The molecule has 2 aromatic rings. The molecule has 1 atom stereocenters. The van der Waals surface area contributed by atoms with Gasteiger partial charge in [-0.2, -0.15) is 26.3 Å². The van der Waals surface area contributed by atoms with E-state index in [9.17, 15) is 26.3 Å². The number of aliphatic carboxylic acids is 2. The maximum Gasteiger partial charge on any atom is 0.490 e. The van der Waals surface area contributed by atoms with Gasteiger partial charge in [0.1, 0.15) is 0 Å². The van der Waals surface area contributed by atoms with E-state index in [1.54, 1.807) is 6.20 Å². The van der Waals surface area contributed by atoms with Crippen molar-refractivity contribution < 1.29 is 55.6 Å². The highest BCUT2D eigenvalue weighted by molar-refractivity contribution is 5.73. The molecule has 4 rings (SSSR count). The lowest BCUT2D eigenvalue weighted by molar-refractivity contribution is -0.193. The first-order valence-corrected chi connectivity index (χ1v) is 12.6. The molecule has 2 fully saturated rings. The van der Waals surface area contributed by atoms with E-state index in [1.807, 2.05) is 18.2 Å². The van der Waals surface area contributed by atoms with E-state index in [4.69, 9.17) is 29.3 Å². The number of aryl methyl sites for hydroxylation is 1. The normalized spacial score (nSPS) is 18.5. The van der Waals surface area contributed by atoms with Crippen LogP contribution in [-0.2, 0) is 20.9 Å². The summed E-state index contributed by atoms with van der Waals surface area (Å²) in [6, 6.07) is 12.1. The Morgan fingerprint density at radius 2 is 1.63 bits per heavy atom. The number of carbonyl (C=O) groups is 2. The first-order chi connectivity index (χ1) is 19.1. The van der Waals surface area contributed by atoms with E-state index in [-0.39, 0.29) is 5.60 Å². The van der Waals surface area contributed by atoms with Gasteiger partial charge in [0.05, 0.1) is 17.9 Å². The van der Waals surface area contributed by atoms with Crippen LogP contribution in [0.25, 0.3) is 0 Å². The zero-order valence-corrected chi connectivity index (χ0v) is 22.1. The summed E-state index contributed by atoms with van der Waals surface area (Å²) in [5, 5.41) is 14.2. The van der Waals surface area contributed by atoms with E-state index in [1.165, 1.54) is 5.69 Å². The summed E-state index contributed by atoms with van der Waals surface area (Å²) in [5.74, 6) is -4.22. The number of likely N-dealkylation sites (tertiary alicyclic amines) is 1. The second kappa shape index (κ2) is 15.0. The lowest BCUT2D eigenvalue weighted by atomic mass is 9.78. The van der Waals surface area contributed by atoms with Crippen LogP contribution in [0.5, 0.6) is 5.88 Å². The van der Waals surface area contributed by atoms with Gasteiger partial charge in [-0.3, -0.25) is 9.88 Å². The Labute approximate surface area is 232 Å². The van der Waals surface area contributed by atoms with E-state index in [0.717, 1.165) is 57.6 Å². The molecule has 2 N–H and O–H groups in total. The predicted octanol–water partition coefficient (Wildman–Crippen LogP) is 4.89. The molecule has 2 saturated heterocycles. The number of piperidine rings is 1. The van der Waals surface area contributed by atoms with Gasteiger partial charge in [0.2, 0.25) is 5.88 Å². The summed E-state index contributed by atoms with van der Waals surface area (Å²) in [5.41, 5.74) is 2.30. The zero-order chi connectivity index (χ0) is 30.7. The fourth-order valence-corrected chi connectivity index (χ4v) is 4.49. The van der Waals surface area contributed by atoms with Crippen molar-refractivity contribution in [1.82, 2.24) is 14.9 Å². The zero-order valence-electron chi connectivity index (χ0n) is 22.1. The highest BCUT2D eigenvalue weighted by atomic mass is 19.4. The number of ether oxygens (including phenoxy) is 2. The van der Waals surface area contributed by atoms with E-state index in [2.05, 4.69) is 40.0 Å². The van der Waals surface area contributed by atoms with Gasteiger partial charge in [-0.05, 0) is 56.7 Å². The van der Waals surface area contributed by atoms with Crippen LogP contribution in [0.15, 0.2) is 42.6 Å². The number of carboxylic acids is 2. The Balaban J connectivity index is 0.000000349. The molecule has 4 heterocycles. The highest BCUT2D eigenvalue weighted by Gasteiger charge is 2.45. The quantitative estimate of drug-likeness (QED) is 0.450. The molecule has 2 aliphatic heterocycles. The second-order valence-electron chi connectivity index (χ2n) is 9.36. The Bertz CT molecular complexity index is 1080. The first-order valence-electron chi connectivity index (χ1n) is 12.6. The average Bonchev–Trinajstić information content (AvgIpc) is 3.27. The van der Waals surface area contributed by atoms with Crippen molar-refractivity contribution in [3.05, 3.63) is 54.0 Å². The molecule has 1 unspecified atom stereocenters. The Morgan fingerprint density at radius 3 is 2.15 bits per heavy atom. The predicted molar refractivity (Wildman–Crippen MR) is 132 cm³/mol. The van der Waals surface area contributed by atoms with Crippen LogP contribution >= 0.6 is 0 Å². The molecule has 0 aromatic carbocycles. The summed E-state index contributed by atoms with van der Waals surface area (Å²) in [6.45, 7) is 6.74. The molecule has 0 bridgehead atoms. The third-order valence-electron chi connectivity index (χ3n) is 6.47. The van der Waals surface area contributed by atoms with Crippen molar-refractivity contribution in [1.29, 1.82) is 0 Å². The van der Waals surface area contributed by atoms with Crippen molar-refractivity contribution in [3.63, 3.8) is 0 Å². The minimum absolute atomic E-state index is 0.0456. The number of rotatable bonds is 6. The maximum absolute atomic E-state index is 10.6. The summed E-state index contributed by atoms with van der Waals surface area (Å²) < 4.78 is 75.6. The Kier molecular flexibility index (Phi) is 12.3. The lowest BCUT2D eigenvalue weighted by Crippen LogP contribution is -2.47. The molecule has 0 saturated carbocycles. The number of alkyl halides is 6. The van der Waals surface area contributed by atoms with Gasteiger partial charge >= 0.3 is 24.3 Å². The summed E-state index contributed by atoms with van der Waals surface area (Å²) in [7, 11) is 0. The second-order valence-corrected chi connectivity index (χ2v) is 9.36. The summed E-state index contributed by atoms with van der Waals surface area (Å²) in [6.07, 6.45) is -4.00. The van der Waals surface area contributed by atoms with E-state index < -0.39 is 24.3 Å². The number of pyridine rings is 2. The maximum atomic E-state index is 10.6. The number of hydrogen-bond acceptors (Lipinski definition) is 7. The van der Waals surface area contributed by atoms with Crippen molar-refractivity contribution in [2.24, 2.45) is 5.92 Å². The third-order valence-corrected chi connectivity index (χ3v) is 6.47. The van der Waals surface area contributed by atoms with Crippen LogP contribution in [0.2, 0.25) is 0 Å². The van der Waals surface area contributed by atoms with Gasteiger partial charge in [0.15, 0.2) is 0 Å². The minimum Gasteiger partial charge on any atom is -0.478 e. The molecule has 2 aromatic heterocycles. The number of aromatic nitrogens is 2. The van der Waals surface area contributed by atoms with E-state index >= 15 is 0 Å². The number of halogens is 6. The topological polar surface area (TPSA) is 122 Å². The van der Waals surface area contributed by atoms with Crippen LogP contribution in [0.3, 0.4) is 0 Å². The lowest BCUT2D eigenvalue weighted by Gasteiger charge is -2.42. The first kappa shape index (κ1) is 33.7. The molecule has 228 valence electrons. The summed E-state index contributed by atoms with van der Waals surface area (Å²) in [4.78, 5) is 29.2. The largest absolute Gasteiger partial charge is 0.490 e. The Hall–Kier alpha value is -3.46. The molecule has 15 heteroatoms. The molecular weight excluding hydrogens is 564 g/mol. The number of hydrogen-bond donors (Lipinski definition) is 2. The van der Waals surface area contributed by atoms with Crippen molar-refractivity contribution in [3.8, 4) is 5.88 Å². The number of carboxylic acid groups (broad SMARTS) is 2. The van der Waals surface area contributed by atoms with Crippen molar-refractivity contribution in [2.45, 2.75) is 57.1 Å². The van der Waals surface area contributed by atoms with Crippen LogP contribution in [0.1, 0.15) is 37.1 Å². The third kappa shape index (κ3) is 11.5. The molecule has 0 amide bonds. The van der Waals surface area contributed by atoms with Crippen LogP contribution < -0.4 is 4.74 Å². The average molecular weight is 596 g/mol. The van der Waals surface area contributed by atoms with Crippen LogP contribution in [0, 0.1) is 12.8 Å². The smallest absolute Gasteiger partial charge is 0.478 e. The molecule has 2 aliphatic rings. The van der Waals surface area contributed by atoms with Gasteiger partial charge < -0.3 is 19.7 Å². The van der Waals surface area contributed by atoms with Gasteiger partial charge in [-0.25, -0.2) is 14.6 Å². The van der Waals surface area contributed by atoms with Crippen LogP contribution in [0.4, 0.5) is 26.3 Å². The van der Waals surface area contributed by atoms with Gasteiger partial charge in [-0.15, -0.1) is 0 Å². The SMILES string of the molecule is Cc1cccc(CN2CCC3(CC2)OCCC3CCOc2ccccn2)n1.O=C(O)C(F)(F)F.O=C(O)C(F)(F)F. The highest BCUT2D eigenvalue weighted by Crippen LogP contribution is 2.42. The molecular formula is C26H31F6N3O6. The van der Waals surface area contributed by atoms with Crippen molar-refractivity contribution >= 4 is 11.9 Å². The van der Waals surface area contributed by atoms with E-state index in [0.29, 0.717) is 18.4 Å².